The molecule has 0 aromatic carbocycles. The number of aromatic nitrogens is 2. The van der Waals surface area contributed by atoms with Gasteiger partial charge in [0, 0.05) is 18.5 Å². The number of anilines is 2. The van der Waals surface area contributed by atoms with E-state index in [4.69, 9.17) is 15.6 Å². The third-order valence-corrected chi connectivity index (χ3v) is 3.83. The number of hydrogen-bond donors (Lipinski definition) is 2. The lowest BCUT2D eigenvalue weighted by atomic mass is 10.1. The van der Waals surface area contributed by atoms with Crippen molar-refractivity contribution in [3.63, 3.8) is 0 Å². The van der Waals surface area contributed by atoms with Gasteiger partial charge >= 0.3 is 0 Å². The molecular weight excluding hydrogens is 254 g/mol. The van der Waals surface area contributed by atoms with Gasteiger partial charge in [-0.15, -0.1) is 0 Å². The number of aryl methyl sites for hydroxylation is 1. The van der Waals surface area contributed by atoms with Crippen LogP contribution < -0.4 is 16.2 Å². The van der Waals surface area contributed by atoms with Gasteiger partial charge in [-0.25, -0.2) is 15.8 Å². The number of ether oxygens (including phenoxy) is 1. The Morgan fingerprint density at radius 3 is 2.75 bits per heavy atom. The summed E-state index contributed by atoms with van der Waals surface area (Å²) in [5, 5.41) is 0. The highest BCUT2D eigenvalue weighted by atomic mass is 16.5. The zero-order valence-electron chi connectivity index (χ0n) is 12.8. The van der Waals surface area contributed by atoms with E-state index in [-0.39, 0.29) is 6.10 Å². The second-order valence-corrected chi connectivity index (χ2v) is 5.29. The minimum atomic E-state index is 0.214. The topological polar surface area (TPSA) is 76.3 Å². The van der Waals surface area contributed by atoms with Gasteiger partial charge in [-0.1, -0.05) is 13.8 Å². The Hall–Kier alpha value is -1.40. The molecule has 0 bridgehead atoms. The van der Waals surface area contributed by atoms with Crippen molar-refractivity contribution in [1.29, 1.82) is 0 Å². The number of nitrogens with zero attached hydrogens (tertiary/aromatic N) is 3. The Labute approximate surface area is 120 Å². The van der Waals surface area contributed by atoms with E-state index in [0.717, 1.165) is 43.2 Å². The van der Waals surface area contributed by atoms with E-state index >= 15 is 0 Å². The molecule has 1 aromatic heterocycles. The minimum absolute atomic E-state index is 0.214. The maximum absolute atomic E-state index is 5.76. The molecular formula is C14H25N5O. The molecule has 2 unspecified atom stereocenters. The third kappa shape index (κ3) is 2.86. The first-order chi connectivity index (χ1) is 9.60. The summed E-state index contributed by atoms with van der Waals surface area (Å²) >= 11 is 0. The highest BCUT2D eigenvalue weighted by Gasteiger charge is 2.28. The molecule has 1 fully saturated rings. The van der Waals surface area contributed by atoms with Crippen LogP contribution in [0.4, 0.5) is 11.6 Å². The summed E-state index contributed by atoms with van der Waals surface area (Å²) in [6.45, 7) is 9.93. The fraction of sp³-hybridized carbons (Fsp3) is 0.714. The number of rotatable bonds is 4. The van der Waals surface area contributed by atoms with Gasteiger partial charge in [0.1, 0.15) is 17.5 Å². The summed E-state index contributed by atoms with van der Waals surface area (Å²) in [5.74, 6) is 8.08. The van der Waals surface area contributed by atoms with Crippen LogP contribution in [0.2, 0.25) is 0 Å². The van der Waals surface area contributed by atoms with E-state index in [9.17, 15) is 0 Å². The fourth-order valence-electron chi connectivity index (χ4n) is 2.57. The predicted molar refractivity (Wildman–Crippen MR) is 80.8 cm³/mol. The van der Waals surface area contributed by atoms with E-state index in [1.165, 1.54) is 0 Å². The molecule has 6 nitrogen and oxygen atoms in total. The van der Waals surface area contributed by atoms with Crippen LogP contribution in [0, 0.1) is 6.92 Å². The molecule has 2 atom stereocenters. The van der Waals surface area contributed by atoms with Crippen molar-refractivity contribution < 1.29 is 4.74 Å². The van der Waals surface area contributed by atoms with E-state index in [1.54, 1.807) is 0 Å². The van der Waals surface area contributed by atoms with Gasteiger partial charge in [0.2, 0.25) is 0 Å². The van der Waals surface area contributed by atoms with Crippen LogP contribution in [-0.2, 0) is 11.2 Å². The lowest BCUT2D eigenvalue weighted by molar-refractivity contribution is 0.0295. The smallest absolute Gasteiger partial charge is 0.148 e. The average Bonchev–Trinajstić information content (AvgIpc) is 2.47. The molecule has 1 aromatic rings. The molecule has 1 aliphatic heterocycles. The van der Waals surface area contributed by atoms with Crippen LogP contribution in [0.25, 0.3) is 0 Å². The van der Waals surface area contributed by atoms with Gasteiger partial charge in [0.15, 0.2) is 0 Å². The van der Waals surface area contributed by atoms with E-state index in [1.807, 2.05) is 13.8 Å². The molecule has 20 heavy (non-hydrogen) atoms. The highest BCUT2D eigenvalue weighted by molar-refractivity contribution is 5.59. The number of hydrogen-bond acceptors (Lipinski definition) is 6. The fourth-order valence-corrected chi connectivity index (χ4v) is 2.57. The number of nitrogens with one attached hydrogen (secondary N) is 1. The van der Waals surface area contributed by atoms with Crippen LogP contribution in [0.5, 0.6) is 0 Å². The van der Waals surface area contributed by atoms with Crippen molar-refractivity contribution in [1.82, 2.24) is 9.97 Å². The molecule has 0 aliphatic carbocycles. The third-order valence-electron chi connectivity index (χ3n) is 3.83. The van der Waals surface area contributed by atoms with Crippen LogP contribution in [-0.4, -0.2) is 35.3 Å². The Morgan fingerprint density at radius 2 is 2.15 bits per heavy atom. The molecule has 1 aliphatic rings. The van der Waals surface area contributed by atoms with Gasteiger partial charge in [0.25, 0.3) is 0 Å². The Kier molecular flexibility index (Phi) is 4.77. The Morgan fingerprint density at radius 1 is 1.40 bits per heavy atom. The second-order valence-electron chi connectivity index (χ2n) is 5.29. The first-order valence-electron chi connectivity index (χ1n) is 7.33. The number of nitrogens with two attached hydrogens (primary N) is 1. The van der Waals surface area contributed by atoms with Crippen molar-refractivity contribution in [3.8, 4) is 0 Å². The standard InChI is InChI=1S/C14H25N5O/c1-5-11-8-20-9(3)7-19(11)14-10(4)13(18-15)16-12(6-2)17-14/h9,11H,5-8,15H2,1-4H3,(H,16,17,18). The van der Waals surface area contributed by atoms with Crippen molar-refractivity contribution in [2.24, 2.45) is 5.84 Å². The summed E-state index contributed by atoms with van der Waals surface area (Å²) in [6.07, 6.45) is 2.04. The molecule has 0 spiro atoms. The molecule has 2 rings (SSSR count). The number of hydrazine groups is 1. The van der Waals surface area contributed by atoms with Gasteiger partial charge in [-0.05, 0) is 20.3 Å². The van der Waals surface area contributed by atoms with Crippen LogP contribution >= 0.6 is 0 Å². The Balaban J connectivity index is 2.43. The van der Waals surface area contributed by atoms with Crippen molar-refractivity contribution in [2.75, 3.05) is 23.5 Å². The second kappa shape index (κ2) is 6.37. The quantitative estimate of drug-likeness (QED) is 0.644. The van der Waals surface area contributed by atoms with E-state index in [0.29, 0.717) is 11.9 Å². The zero-order chi connectivity index (χ0) is 14.7. The van der Waals surface area contributed by atoms with Gasteiger partial charge in [-0.2, -0.15) is 0 Å². The van der Waals surface area contributed by atoms with Gasteiger partial charge in [-0.3, -0.25) is 0 Å². The number of morpholine rings is 1. The lowest BCUT2D eigenvalue weighted by Gasteiger charge is -2.40. The van der Waals surface area contributed by atoms with E-state index < -0.39 is 0 Å². The minimum Gasteiger partial charge on any atom is -0.375 e. The maximum atomic E-state index is 5.76. The average molecular weight is 279 g/mol. The monoisotopic (exact) mass is 279 g/mol. The normalized spacial score (nSPS) is 22.9. The largest absolute Gasteiger partial charge is 0.375 e. The summed E-state index contributed by atoms with van der Waals surface area (Å²) < 4.78 is 5.76. The summed E-state index contributed by atoms with van der Waals surface area (Å²) in [4.78, 5) is 11.5. The predicted octanol–water partition coefficient (Wildman–Crippen LogP) is 1.64. The molecule has 0 radical (unpaired) electrons. The van der Waals surface area contributed by atoms with Crippen molar-refractivity contribution in [2.45, 2.75) is 52.7 Å². The highest BCUT2D eigenvalue weighted by Crippen LogP contribution is 2.28. The maximum Gasteiger partial charge on any atom is 0.148 e. The van der Waals surface area contributed by atoms with Crippen LogP contribution in [0.15, 0.2) is 0 Å². The lowest BCUT2D eigenvalue weighted by Crippen LogP contribution is -2.49. The summed E-state index contributed by atoms with van der Waals surface area (Å²) in [7, 11) is 0. The molecule has 6 heteroatoms. The molecule has 3 N–H and O–H groups in total. The molecule has 1 saturated heterocycles. The van der Waals surface area contributed by atoms with E-state index in [2.05, 4.69) is 29.2 Å². The molecule has 112 valence electrons. The zero-order valence-corrected chi connectivity index (χ0v) is 12.8. The number of nitrogen functional groups attached to an aromatic ring is 1. The molecule has 2 heterocycles. The SMILES string of the molecule is CCc1nc(NN)c(C)c(N2CC(C)OCC2CC)n1. The van der Waals surface area contributed by atoms with Crippen molar-refractivity contribution in [3.05, 3.63) is 11.4 Å². The first kappa shape index (κ1) is 15.0. The molecule has 0 amide bonds. The molecule has 0 saturated carbocycles. The van der Waals surface area contributed by atoms with Gasteiger partial charge in [0.05, 0.1) is 18.8 Å². The summed E-state index contributed by atoms with van der Waals surface area (Å²) in [6, 6.07) is 0.357. The van der Waals surface area contributed by atoms with Crippen LogP contribution in [0.1, 0.15) is 38.6 Å². The Bertz CT molecular complexity index is 465. The van der Waals surface area contributed by atoms with Crippen LogP contribution in [0.3, 0.4) is 0 Å². The van der Waals surface area contributed by atoms with Gasteiger partial charge < -0.3 is 15.1 Å². The van der Waals surface area contributed by atoms with Crippen molar-refractivity contribution >= 4 is 11.6 Å². The first-order valence-corrected chi connectivity index (χ1v) is 7.33. The summed E-state index contributed by atoms with van der Waals surface area (Å²) in [5.41, 5.74) is 3.68.